The van der Waals surface area contributed by atoms with E-state index in [1.807, 2.05) is 6.92 Å². The summed E-state index contributed by atoms with van der Waals surface area (Å²) < 4.78 is 10.5. The molecule has 86 valence electrons. The molecule has 5 nitrogen and oxygen atoms in total. The Balaban J connectivity index is 2.21. The molecule has 1 atom stereocenters. The van der Waals surface area contributed by atoms with Gasteiger partial charge >= 0.3 is 0 Å². The molecule has 0 radical (unpaired) electrons. The van der Waals surface area contributed by atoms with E-state index in [2.05, 4.69) is 0 Å². The van der Waals surface area contributed by atoms with E-state index in [9.17, 15) is 10.1 Å². The number of nitrogens with zero attached hydrogens (tertiary/aromatic N) is 1. The molecule has 1 saturated heterocycles. The molecule has 0 N–H and O–H groups in total. The molecular formula is C11H13NO4. The number of hydrogen-bond acceptors (Lipinski definition) is 4. The average molecular weight is 223 g/mol. The van der Waals surface area contributed by atoms with Gasteiger partial charge in [0.05, 0.1) is 17.6 Å². The Hall–Kier alpha value is -1.62. The maximum absolute atomic E-state index is 10.8. The summed E-state index contributed by atoms with van der Waals surface area (Å²) in [5.74, 6) is 0.563. The molecule has 0 aromatic heterocycles. The van der Waals surface area contributed by atoms with Crippen molar-refractivity contribution in [3.8, 4) is 5.75 Å². The van der Waals surface area contributed by atoms with Crippen molar-refractivity contribution in [2.24, 2.45) is 0 Å². The topological polar surface area (TPSA) is 64.9 Å². The molecule has 1 aliphatic rings. The van der Waals surface area contributed by atoms with Crippen LogP contribution >= 0.6 is 0 Å². The maximum atomic E-state index is 10.8. The number of hydrogen-bond donors (Lipinski definition) is 0. The molecule has 0 bridgehead atoms. The number of nitro benzene ring substituents is 1. The molecule has 2 rings (SSSR count). The zero-order chi connectivity index (χ0) is 11.7. The van der Waals surface area contributed by atoms with Crippen LogP contribution in [0.2, 0.25) is 0 Å². The summed E-state index contributed by atoms with van der Waals surface area (Å²) in [6, 6.07) is 3.24. The van der Waals surface area contributed by atoms with Gasteiger partial charge in [-0.2, -0.15) is 0 Å². The van der Waals surface area contributed by atoms with Crippen molar-refractivity contribution < 1.29 is 14.4 Å². The largest absolute Gasteiger partial charge is 0.490 e. The van der Waals surface area contributed by atoms with Gasteiger partial charge in [-0.3, -0.25) is 10.1 Å². The molecule has 1 unspecified atom stereocenters. The summed E-state index contributed by atoms with van der Waals surface area (Å²) in [5.41, 5.74) is 1.65. The molecule has 16 heavy (non-hydrogen) atoms. The van der Waals surface area contributed by atoms with Crippen LogP contribution in [0.25, 0.3) is 0 Å². The highest BCUT2D eigenvalue weighted by atomic mass is 16.6. The van der Waals surface area contributed by atoms with Gasteiger partial charge in [0.25, 0.3) is 5.69 Å². The molecule has 1 heterocycles. The lowest BCUT2D eigenvalue weighted by Gasteiger charge is -2.08. The Labute approximate surface area is 93.1 Å². The van der Waals surface area contributed by atoms with E-state index in [0.717, 1.165) is 5.56 Å². The van der Waals surface area contributed by atoms with Crippen molar-refractivity contribution in [1.29, 1.82) is 0 Å². The predicted molar refractivity (Wildman–Crippen MR) is 57.8 cm³/mol. The normalized spacial score (nSPS) is 18.2. The number of nitro groups is 1. The van der Waals surface area contributed by atoms with Gasteiger partial charge in [0, 0.05) is 5.56 Å². The quantitative estimate of drug-likeness (QED) is 0.445. The van der Waals surface area contributed by atoms with E-state index in [0.29, 0.717) is 24.5 Å². The fourth-order valence-corrected chi connectivity index (χ4v) is 1.52. The van der Waals surface area contributed by atoms with Crippen LogP contribution in [0.3, 0.4) is 0 Å². The van der Waals surface area contributed by atoms with Crippen LogP contribution in [-0.4, -0.2) is 24.2 Å². The van der Waals surface area contributed by atoms with Gasteiger partial charge in [0.15, 0.2) is 0 Å². The molecule has 1 fully saturated rings. The molecule has 0 amide bonds. The Bertz CT molecular complexity index is 426. The van der Waals surface area contributed by atoms with Crippen LogP contribution in [0.4, 0.5) is 5.69 Å². The number of benzene rings is 1. The summed E-state index contributed by atoms with van der Waals surface area (Å²) in [7, 11) is 0. The number of rotatable bonds is 4. The van der Waals surface area contributed by atoms with E-state index >= 15 is 0 Å². The Kier molecular flexibility index (Phi) is 2.78. The van der Waals surface area contributed by atoms with Crippen molar-refractivity contribution in [2.75, 3.05) is 13.2 Å². The van der Waals surface area contributed by atoms with Crippen molar-refractivity contribution in [1.82, 2.24) is 0 Å². The monoisotopic (exact) mass is 223 g/mol. The summed E-state index contributed by atoms with van der Waals surface area (Å²) in [6.45, 7) is 4.77. The zero-order valence-corrected chi connectivity index (χ0v) is 9.23. The lowest BCUT2D eigenvalue weighted by Crippen LogP contribution is -2.06. The molecule has 1 aromatic rings. The second kappa shape index (κ2) is 4.09. The first-order valence-electron chi connectivity index (χ1n) is 5.08. The third-order valence-electron chi connectivity index (χ3n) is 2.52. The van der Waals surface area contributed by atoms with Crippen molar-refractivity contribution >= 4 is 5.69 Å². The maximum Gasteiger partial charge on any atom is 0.276 e. The van der Waals surface area contributed by atoms with Crippen LogP contribution in [0.5, 0.6) is 5.75 Å². The van der Waals surface area contributed by atoms with E-state index in [4.69, 9.17) is 9.47 Å². The van der Waals surface area contributed by atoms with Gasteiger partial charge in [-0.15, -0.1) is 0 Å². The Morgan fingerprint density at radius 2 is 2.19 bits per heavy atom. The van der Waals surface area contributed by atoms with E-state index < -0.39 is 4.92 Å². The highest BCUT2D eigenvalue weighted by Gasteiger charge is 2.24. The zero-order valence-electron chi connectivity index (χ0n) is 9.23. The summed E-state index contributed by atoms with van der Waals surface area (Å²) >= 11 is 0. The predicted octanol–water partition coefficient (Wildman–Crippen LogP) is 1.99. The summed E-state index contributed by atoms with van der Waals surface area (Å²) in [4.78, 5) is 10.4. The van der Waals surface area contributed by atoms with Gasteiger partial charge in [-0.25, -0.2) is 0 Å². The van der Waals surface area contributed by atoms with Crippen LogP contribution in [0.15, 0.2) is 12.1 Å². The molecule has 0 aliphatic carbocycles. The van der Waals surface area contributed by atoms with Gasteiger partial charge < -0.3 is 9.47 Å². The minimum Gasteiger partial charge on any atom is -0.490 e. The van der Waals surface area contributed by atoms with E-state index in [1.54, 1.807) is 13.0 Å². The standard InChI is InChI=1S/C11H13NO4/c1-7-3-8(2)11(4-10(7)12(13)14)16-6-9-5-15-9/h3-4,9H,5-6H2,1-2H3. The van der Waals surface area contributed by atoms with Crippen LogP contribution in [-0.2, 0) is 4.74 Å². The van der Waals surface area contributed by atoms with Gasteiger partial charge in [0.1, 0.15) is 18.5 Å². The molecule has 5 heteroatoms. The second-order valence-corrected chi connectivity index (χ2v) is 3.93. The van der Waals surface area contributed by atoms with Gasteiger partial charge in [0.2, 0.25) is 0 Å². The molecule has 1 aliphatic heterocycles. The first kappa shape index (κ1) is 10.9. The highest BCUT2D eigenvalue weighted by molar-refractivity contribution is 5.49. The van der Waals surface area contributed by atoms with Crippen molar-refractivity contribution in [3.05, 3.63) is 33.4 Å². The summed E-state index contributed by atoms with van der Waals surface area (Å²) in [5, 5.41) is 10.8. The highest BCUT2D eigenvalue weighted by Crippen LogP contribution is 2.28. The van der Waals surface area contributed by atoms with Crippen LogP contribution in [0.1, 0.15) is 11.1 Å². The lowest BCUT2D eigenvalue weighted by molar-refractivity contribution is -0.385. The third-order valence-corrected chi connectivity index (χ3v) is 2.52. The molecule has 1 aromatic carbocycles. The summed E-state index contributed by atoms with van der Waals surface area (Å²) in [6.07, 6.45) is 0.153. The van der Waals surface area contributed by atoms with Crippen LogP contribution < -0.4 is 4.74 Å². The van der Waals surface area contributed by atoms with Crippen molar-refractivity contribution in [3.63, 3.8) is 0 Å². The number of ether oxygens (including phenoxy) is 2. The SMILES string of the molecule is Cc1cc(C)c([N+](=O)[O-])cc1OCC1CO1. The molecule has 0 spiro atoms. The average Bonchev–Trinajstić information content (AvgIpc) is 2.99. The Morgan fingerprint density at radius 1 is 1.50 bits per heavy atom. The lowest BCUT2D eigenvalue weighted by atomic mass is 10.1. The van der Waals surface area contributed by atoms with E-state index in [1.165, 1.54) is 6.07 Å². The third kappa shape index (κ3) is 2.30. The van der Waals surface area contributed by atoms with Crippen molar-refractivity contribution in [2.45, 2.75) is 20.0 Å². The number of epoxide rings is 1. The number of aryl methyl sites for hydroxylation is 2. The van der Waals surface area contributed by atoms with Gasteiger partial charge in [-0.1, -0.05) is 0 Å². The fraction of sp³-hybridized carbons (Fsp3) is 0.455. The van der Waals surface area contributed by atoms with Gasteiger partial charge in [-0.05, 0) is 25.5 Å². The fourth-order valence-electron chi connectivity index (χ4n) is 1.52. The minimum atomic E-state index is -0.394. The Morgan fingerprint density at radius 3 is 2.75 bits per heavy atom. The van der Waals surface area contributed by atoms with E-state index in [-0.39, 0.29) is 11.8 Å². The smallest absolute Gasteiger partial charge is 0.276 e. The molecular weight excluding hydrogens is 210 g/mol. The first-order chi connectivity index (χ1) is 7.58. The minimum absolute atomic E-state index is 0.0947. The van der Waals surface area contributed by atoms with Crippen LogP contribution in [0, 0.1) is 24.0 Å². The first-order valence-corrected chi connectivity index (χ1v) is 5.08. The second-order valence-electron chi connectivity index (χ2n) is 3.93. The molecule has 0 saturated carbocycles.